The summed E-state index contributed by atoms with van der Waals surface area (Å²) >= 11 is 5.91. The summed E-state index contributed by atoms with van der Waals surface area (Å²) in [5.41, 5.74) is 0.510. The third-order valence-electron chi connectivity index (χ3n) is 1.88. The Labute approximate surface area is 93.9 Å². The van der Waals surface area contributed by atoms with Gasteiger partial charge in [-0.2, -0.15) is 0 Å². The summed E-state index contributed by atoms with van der Waals surface area (Å²) in [5.74, 6) is 0.588. The minimum atomic E-state index is -0.0524. The average molecular weight is 229 g/mol. The van der Waals surface area contributed by atoms with Gasteiger partial charge in [-0.15, -0.1) is 0 Å². The zero-order chi connectivity index (χ0) is 11.3. The summed E-state index contributed by atoms with van der Waals surface area (Å²) in [6.45, 7) is 2.46. The highest BCUT2D eigenvalue weighted by molar-refractivity contribution is 6.34. The predicted octanol–water partition coefficient (Wildman–Crippen LogP) is 2.57. The molecule has 1 aromatic rings. The maximum absolute atomic E-state index is 11.1. The van der Waals surface area contributed by atoms with Gasteiger partial charge in [0.1, 0.15) is 12.4 Å². The quantitative estimate of drug-likeness (QED) is 0.574. The third-order valence-corrected chi connectivity index (χ3v) is 2.19. The maximum atomic E-state index is 11.1. The number of methoxy groups -OCH3 is 1. The van der Waals surface area contributed by atoms with Gasteiger partial charge in [-0.1, -0.05) is 11.6 Å². The van der Waals surface area contributed by atoms with Crippen LogP contribution in [0.3, 0.4) is 0 Å². The summed E-state index contributed by atoms with van der Waals surface area (Å²) in [6.07, 6.45) is 0. The Balaban J connectivity index is 2.69. The van der Waals surface area contributed by atoms with Crippen LogP contribution in [0.15, 0.2) is 18.2 Å². The molecule has 0 atom stereocenters. The van der Waals surface area contributed by atoms with Gasteiger partial charge in [0.25, 0.3) is 0 Å². The molecule has 0 aliphatic carbocycles. The van der Waals surface area contributed by atoms with Crippen LogP contribution in [0.5, 0.6) is 5.75 Å². The molecule has 0 aromatic heterocycles. The average Bonchev–Trinajstić information content (AvgIpc) is 2.17. The molecule has 0 radical (unpaired) electrons. The molecule has 0 spiro atoms. The van der Waals surface area contributed by atoms with E-state index in [9.17, 15) is 4.79 Å². The van der Waals surface area contributed by atoms with Crippen molar-refractivity contribution in [1.82, 2.24) is 0 Å². The van der Waals surface area contributed by atoms with Crippen LogP contribution in [0, 0.1) is 0 Å². The van der Waals surface area contributed by atoms with Crippen molar-refractivity contribution in [2.75, 3.05) is 20.3 Å². The molecule has 0 aliphatic rings. The van der Waals surface area contributed by atoms with Gasteiger partial charge in [-0.25, -0.2) is 0 Å². The first kappa shape index (κ1) is 12.0. The van der Waals surface area contributed by atoms with E-state index in [0.717, 1.165) is 0 Å². The number of carbonyl (C=O) groups is 1. The fourth-order valence-corrected chi connectivity index (χ4v) is 1.42. The molecule has 0 bridgehead atoms. The van der Waals surface area contributed by atoms with E-state index in [1.807, 2.05) is 0 Å². The van der Waals surface area contributed by atoms with E-state index in [4.69, 9.17) is 21.1 Å². The molecule has 15 heavy (non-hydrogen) atoms. The Kier molecular flexibility index (Phi) is 4.59. The summed E-state index contributed by atoms with van der Waals surface area (Å²) in [7, 11) is 1.61. The fourth-order valence-electron chi connectivity index (χ4n) is 1.11. The highest BCUT2D eigenvalue weighted by Gasteiger charge is 2.06. The zero-order valence-electron chi connectivity index (χ0n) is 8.75. The van der Waals surface area contributed by atoms with Crippen molar-refractivity contribution in [1.29, 1.82) is 0 Å². The van der Waals surface area contributed by atoms with E-state index < -0.39 is 0 Å². The van der Waals surface area contributed by atoms with Crippen LogP contribution in [-0.4, -0.2) is 26.1 Å². The molecule has 1 aromatic carbocycles. The van der Waals surface area contributed by atoms with E-state index in [1.54, 1.807) is 25.3 Å². The summed E-state index contributed by atoms with van der Waals surface area (Å²) < 4.78 is 10.2. The van der Waals surface area contributed by atoms with Gasteiger partial charge in [0.2, 0.25) is 0 Å². The van der Waals surface area contributed by atoms with E-state index >= 15 is 0 Å². The Hall–Kier alpha value is -1.06. The first-order valence-corrected chi connectivity index (χ1v) is 4.95. The number of benzene rings is 1. The van der Waals surface area contributed by atoms with Crippen LogP contribution in [0.2, 0.25) is 5.02 Å². The van der Waals surface area contributed by atoms with Crippen molar-refractivity contribution in [2.24, 2.45) is 0 Å². The molecule has 0 saturated heterocycles. The van der Waals surface area contributed by atoms with Gasteiger partial charge in [-0.05, 0) is 25.1 Å². The van der Waals surface area contributed by atoms with Crippen LogP contribution in [0.4, 0.5) is 0 Å². The number of Topliss-reactive ketones (excluding diaryl/α,β-unsaturated/α-hetero) is 1. The van der Waals surface area contributed by atoms with Crippen LogP contribution >= 0.6 is 11.6 Å². The van der Waals surface area contributed by atoms with Crippen LogP contribution < -0.4 is 4.74 Å². The molecule has 4 heteroatoms. The number of rotatable bonds is 5. The van der Waals surface area contributed by atoms with E-state index in [2.05, 4.69) is 0 Å². The van der Waals surface area contributed by atoms with E-state index in [-0.39, 0.29) is 5.78 Å². The van der Waals surface area contributed by atoms with Gasteiger partial charge in [0.05, 0.1) is 11.6 Å². The topological polar surface area (TPSA) is 35.5 Å². The molecular formula is C11H13ClO3. The standard InChI is InChI=1S/C11H13ClO3/c1-8(13)10-4-3-9(7-11(10)12)15-6-5-14-2/h3-4,7H,5-6H2,1-2H3. The van der Waals surface area contributed by atoms with Gasteiger partial charge < -0.3 is 9.47 Å². The highest BCUT2D eigenvalue weighted by Crippen LogP contribution is 2.22. The van der Waals surface area contributed by atoms with Crippen LogP contribution in [0.25, 0.3) is 0 Å². The number of carbonyl (C=O) groups excluding carboxylic acids is 1. The van der Waals surface area contributed by atoms with Crippen molar-refractivity contribution in [3.05, 3.63) is 28.8 Å². The Morgan fingerprint density at radius 1 is 1.40 bits per heavy atom. The number of hydrogen-bond donors (Lipinski definition) is 0. The number of hydrogen-bond acceptors (Lipinski definition) is 3. The first-order chi connectivity index (χ1) is 7.15. The number of ether oxygens (including phenoxy) is 2. The van der Waals surface area contributed by atoms with Gasteiger partial charge in [0.15, 0.2) is 5.78 Å². The predicted molar refractivity (Wildman–Crippen MR) is 58.8 cm³/mol. The minimum Gasteiger partial charge on any atom is -0.491 e. The van der Waals surface area contributed by atoms with E-state index in [1.165, 1.54) is 6.92 Å². The summed E-state index contributed by atoms with van der Waals surface area (Å²) in [5, 5.41) is 0.414. The Bertz CT molecular complexity index is 350. The van der Waals surface area contributed by atoms with Crippen molar-refractivity contribution < 1.29 is 14.3 Å². The van der Waals surface area contributed by atoms with Crippen molar-refractivity contribution in [2.45, 2.75) is 6.92 Å². The SMILES string of the molecule is COCCOc1ccc(C(C)=O)c(Cl)c1. The molecule has 0 N–H and O–H groups in total. The summed E-state index contributed by atoms with van der Waals surface area (Å²) in [4.78, 5) is 11.1. The van der Waals surface area contributed by atoms with Gasteiger partial charge in [-0.3, -0.25) is 4.79 Å². The molecule has 0 saturated carbocycles. The molecule has 0 unspecified atom stereocenters. The lowest BCUT2D eigenvalue weighted by atomic mass is 10.1. The molecular weight excluding hydrogens is 216 g/mol. The molecule has 0 fully saturated rings. The van der Waals surface area contributed by atoms with Gasteiger partial charge >= 0.3 is 0 Å². The third kappa shape index (κ3) is 3.53. The largest absolute Gasteiger partial charge is 0.491 e. The smallest absolute Gasteiger partial charge is 0.161 e. The zero-order valence-corrected chi connectivity index (χ0v) is 9.50. The second-order valence-electron chi connectivity index (χ2n) is 3.04. The lowest BCUT2D eigenvalue weighted by molar-refractivity contribution is 0.101. The molecule has 0 amide bonds. The first-order valence-electron chi connectivity index (χ1n) is 4.57. The van der Waals surface area contributed by atoms with E-state index in [0.29, 0.717) is 29.5 Å². The maximum Gasteiger partial charge on any atom is 0.161 e. The molecule has 0 aliphatic heterocycles. The monoisotopic (exact) mass is 228 g/mol. The van der Waals surface area contributed by atoms with Crippen molar-refractivity contribution >= 4 is 17.4 Å². The van der Waals surface area contributed by atoms with Crippen LogP contribution in [0.1, 0.15) is 17.3 Å². The number of ketones is 1. The number of halogens is 1. The normalized spacial score (nSPS) is 10.1. The van der Waals surface area contributed by atoms with Crippen molar-refractivity contribution in [3.8, 4) is 5.75 Å². The van der Waals surface area contributed by atoms with Crippen molar-refractivity contribution in [3.63, 3.8) is 0 Å². The Morgan fingerprint density at radius 2 is 2.13 bits per heavy atom. The lowest BCUT2D eigenvalue weighted by Crippen LogP contribution is -2.04. The fraction of sp³-hybridized carbons (Fsp3) is 0.364. The van der Waals surface area contributed by atoms with Gasteiger partial charge in [0, 0.05) is 12.7 Å². The minimum absolute atomic E-state index is 0.0524. The highest BCUT2D eigenvalue weighted by atomic mass is 35.5. The molecule has 82 valence electrons. The molecule has 1 rings (SSSR count). The summed E-state index contributed by atoms with van der Waals surface area (Å²) in [6, 6.07) is 5.01. The van der Waals surface area contributed by atoms with Crippen LogP contribution in [-0.2, 0) is 4.74 Å². The lowest BCUT2D eigenvalue weighted by Gasteiger charge is -2.07. The molecule has 3 nitrogen and oxygen atoms in total. The molecule has 0 heterocycles. The Morgan fingerprint density at radius 3 is 2.67 bits per heavy atom. The second-order valence-corrected chi connectivity index (χ2v) is 3.45. The second kappa shape index (κ2) is 5.73.